The van der Waals surface area contributed by atoms with Crippen LogP contribution in [0.4, 0.5) is 4.39 Å². The van der Waals surface area contributed by atoms with Crippen LogP contribution in [0.3, 0.4) is 0 Å². The number of hydrogen-bond acceptors (Lipinski definition) is 2. The zero-order valence-corrected chi connectivity index (χ0v) is 13.8. The van der Waals surface area contributed by atoms with Crippen molar-refractivity contribution in [3.63, 3.8) is 0 Å². The molecule has 1 N–H and O–H groups in total. The number of hydrogen-bond donors (Lipinski definition) is 1. The molecule has 23 heavy (non-hydrogen) atoms. The minimum Gasteiger partial charge on any atom is -0.490 e. The fraction of sp³-hybridized carbons (Fsp3) is 0.400. The molecule has 0 saturated carbocycles. The van der Waals surface area contributed by atoms with Gasteiger partial charge in [0.15, 0.2) is 0 Å². The molecule has 2 rings (SSSR count). The minimum atomic E-state index is -0.228. The molecule has 0 aliphatic rings. The number of benzene rings is 2. The van der Waals surface area contributed by atoms with Crippen molar-refractivity contribution in [3.05, 3.63) is 66.0 Å². The van der Waals surface area contributed by atoms with Crippen molar-refractivity contribution in [2.75, 3.05) is 6.61 Å². The van der Waals surface area contributed by atoms with Gasteiger partial charge in [-0.05, 0) is 48.6 Å². The monoisotopic (exact) mass is 316 g/mol. The van der Waals surface area contributed by atoms with Crippen LogP contribution in [0.5, 0.6) is 5.75 Å². The topological polar surface area (TPSA) is 29.5 Å². The van der Waals surface area contributed by atoms with Crippen LogP contribution >= 0.6 is 0 Å². The van der Waals surface area contributed by atoms with E-state index in [0.29, 0.717) is 12.3 Å². The minimum absolute atomic E-state index is 0.00500. The van der Waals surface area contributed by atoms with Gasteiger partial charge in [-0.2, -0.15) is 0 Å². The lowest BCUT2D eigenvalue weighted by atomic mass is 9.85. The van der Waals surface area contributed by atoms with E-state index in [4.69, 9.17) is 4.74 Å². The van der Waals surface area contributed by atoms with E-state index in [2.05, 4.69) is 13.8 Å². The molecule has 2 aromatic rings. The molecule has 0 aromatic heterocycles. The number of halogens is 1. The highest BCUT2D eigenvalue weighted by Crippen LogP contribution is 2.26. The van der Waals surface area contributed by atoms with E-state index in [9.17, 15) is 9.50 Å². The Hall–Kier alpha value is -1.87. The van der Waals surface area contributed by atoms with Crippen LogP contribution in [0.15, 0.2) is 54.6 Å². The van der Waals surface area contributed by atoms with E-state index >= 15 is 0 Å². The lowest BCUT2D eigenvalue weighted by molar-refractivity contribution is 0.0730. The average Bonchev–Trinajstić information content (AvgIpc) is 2.55. The molecule has 124 valence electrons. The molecule has 0 radical (unpaired) electrons. The molecule has 2 aromatic carbocycles. The summed E-state index contributed by atoms with van der Waals surface area (Å²) in [6, 6.07) is 16.3. The zero-order chi connectivity index (χ0) is 16.7. The Labute approximate surface area is 137 Å². The summed E-state index contributed by atoms with van der Waals surface area (Å²) in [4.78, 5) is 0. The Balaban J connectivity index is 2.15. The van der Waals surface area contributed by atoms with Crippen LogP contribution < -0.4 is 4.74 Å². The Morgan fingerprint density at radius 2 is 1.65 bits per heavy atom. The predicted molar refractivity (Wildman–Crippen MR) is 91.0 cm³/mol. The molecule has 0 saturated heterocycles. The van der Waals surface area contributed by atoms with E-state index in [1.54, 1.807) is 12.1 Å². The Bertz CT molecular complexity index is 566. The third-order valence-electron chi connectivity index (χ3n) is 4.05. The van der Waals surface area contributed by atoms with Gasteiger partial charge in [0.1, 0.15) is 17.7 Å². The van der Waals surface area contributed by atoms with Crippen LogP contribution in [0.2, 0.25) is 0 Å². The summed E-state index contributed by atoms with van der Waals surface area (Å²) in [7, 11) is 0. The van der Waals surface area contributed by atoms with E-state index in [0.717, 1.165) is 17.7 Å². The maximum absolute atomic E-state index is 13.1. The van der Waals surface area contributed by atoms with Crippen molar-refractivity contribution in [2.24, 2.45) is 11.8 Å². The average molecular weight is 316 g/mol. The smallest absolute Gasteiger partial charge is 0.123 e. The van der Waals surface area contributed by atoms with Gasteiger partial charge in [-0.25, -0.2) is 4.39 Å². The van der Waals surface area contributed by atoms with Gasteiger partial charge in [-0.15, -0.1) is 0 Å². The molecular weight excluding hydrogens is 291 g/mol. The molecule has 0 bridgehead atoms. The maximum Gasteiger partial charge on any atom is 0.123 e. The summed E-state index contributed by atoms with van der Waals surface area (Å²) in [6.45, 7) is 4.37. The largest absolute Gasteiger partial charge is 0.490 e. The van der Waals surface area contributed by atoms with Gasteiger partial charge in [-0.3, -0.25) is 0 Å². The fourth-order valence-corrected chi connectivity index (χ4v) is 2.90. The number of rotatable bonds is 8. The molecule has 1 unspecified atom stereocenters. The first kappa shape index (κ1) is 17.5. The third-order valence-corrected chi connectivity index (χ3v) is 4.05. The predicted octanol–water partition coefficient (Wildman–Crippen LogP) is 4.47. The highest BCUT2D eigenvalue weighted by molar-refractivity contribution is 5.22. The summed E-state index contributed by atoms with van der Waals surface area (Å²) in [5.74, 6) is 1.10. The third kappa shape index (κ3) is 5.36. The molecule has 0 heterocycles. The summed E-state index contributed by atoms with van der Waals surface area (Å²) >= 11 is 0. The Kier molecular flexibility index (Phi) is 6.60. The second-order valence-electron chi connectivity index (χ2n) is 6.24. The molecule has 3 heteroatoms. The van der Waals surface area contributed by atoms with Gasteiger partial charge >= 0.3 is 0 Å². The van der Waals surface area contributed by atoms with Crippen LogP contribution in [0, 0.1) is 17.7 Å². The number of para-hydroxylation sites is 1. The van der Waals surface area contributed by atoms with Gasteiger partial charge in [0.05, 0.1) is 0 Å². The molecule has 0 spiro atoms. The summed E-state index contributed by atoms with van der Waals surface area (Å²) in [6.07, 6.45) is 1.42. The van der Waals surface area contributed by atoms with Crippen LogP contribution in [0.1, 0.15) is 25.8 Å². The van der Waals surface area contributed by atoms with E-state index in [-0.39, 0.29) is 24.4 Å². The highest BCUT2D eigenvalue weighted by atomic mass is 19.1. The lowest BCUT2D eigenvalue weighted by Crippen LogP contribution is -2.34. The second-order valence-corrected chi connectivity index (χ2v) is 6.24. The maximum atomic E-state index is 13.1. The first-order valence-corrected chi connectivity index (χ1v) is 8.17. The van der Waals surface area contributed by atoms with E-state index in [1.165, 1.54) is 12.1 Å². The van der Waals surface area contributed by atoms with Crippen molar-refractivity contribution in [2.45, 2.75) is 32.8 Å². The standard InChI is InChI=1S/C20H25FO2/c1-15(2)20(23-19-6-4-3-5-7-19)17(12-13-22)14-16-8-10-18(21)11-9-16/h3-11,15,17,20,22H,12-14H2,1-2H3/t17?,20-/m0/s1. The quantitative estimate of drug-likeness (QED) is 0.778. The van der Waals surface area contributed by atoms with Gasteiger partial charge in [-0.1, -0.05) is 44.2 Å². The Morgan fingerprint density at radius 1 is 1.00 bits per heavy atom. The Morgan fingerprint density at radius 3 is 2.22 bits per heavy atom. The van der Waals surface area contributed by atoms with Crippen LogP contribution in [0.25, 0.3) is 0 Å². The van der Waals surface area contributed by atoms with Crippen molar-refractivity contribution in [1.29, 1.82) is 0 Å². The van der Waals surface area contributed by atoms with Gasteiger partial charge in [0.2, 0.25) is 0 Å². The van der Waals surface area contributed by atoms with Crippen molar-refractivity contribution in [3.8, 4) is 5.75 Å². The van der Waals surface area contributed by atoms with Crippen LogP contribution in [-0.2, 0) is 6.42 Å². The lowest BCUT2D eigenvalue weighted by Gasteiger charge is -2.31. The molecular formula is C20H25FO2. The summed E-state index contributed by atoms with van der Waals surface area (Å²) in [5.41, 5.74) is 1.06. The first-order chi connectivity index (χ1) is 11.1. The normalized spacial score (nSPS) is 13.8. The zero-order valence-electron chi connectivity index (χ0n) is 13.8. The van der Waals surface area contributed by atoms with E-state index < -0.39 is 0 Å². The van der Waals surface area contributed by atoms with E-state index in [1.807, 2.05) is 30.3 Å². The molecule has 2 atom stereocenters. The van der Waals surface area contributed by atoms with Gasteiger partial charge in [0, 0.05) is 12.5 Å². The highest BCUT2D eigenvalue weighted by Gasteiger charge is 2.26. The first-order valence-electron chi connectivity index (χ1n) is 8.17. The molecule has 0 aliphatic carbocycles. The summed E-state index contributed by atoms with van der Waals surface area (Å²) in [5, 5.41) is 9.44. The second kappa shape index (κ2) is 8.68. The van der Waals surface area contributed by atoms with Crippen molar-refractivity contribution in [1.82, 2.24) is 0 Å². The molecule has 2 nitrogen and oxygen atoms in total. The van der Waals surface area contributed by atoms with Crippen molar-refractivity contribution >= 4 is 0 Å². The SMILES string of the molecule is CC(C)[C@H](Oc1ccccc1)C(CCO)Cc1ccc(F)cc1. The summed E-state index contributed by atoms with van der Waals surface area (Å²) < 4.78 is 19.3. The van der Waals surface area contributed by atoms with Crippen LogP contribution in [-0.4, -0.2) is 17.8 Å². The van der Waals surface area contributed by atoms with Gasteiger partial charge < -0.3 is 9.84 Å². The molecule has 0 fully saturated rings. The van der Waals surface area contributed by atoms with Gasteiger partial charge in [0.25, 0.3) is 0 Å². The number of ether oxygens (including phenoxy) is 1. The fourth-order valence-electron chi connectivity index (χ4n) is 2.90. The number of aliphatic hydroxyl groups is 1. The molecule has 0 amide bonds. The number of aliphatic hydroxyl groups excluding tert-OH is 1. The van der Waals surface area contributed by atoms with Crippen molar-refractivity contribution < 1.29 is 14.2 Å². The molecule has 0 aliphatic heterocycles.